The smallest absolute Gasteiger partial charge is 0.196 e. The van der Waals surface area contributed by atoms with E-state index in [1.165, 1.54) is 0 Å². The summed E-state index contributed by atoms with van der Waals surface area (Å²) in [5.41, 5.74) is 2.90. The molecule has 0 saturated carbocycles. The molecule has 2 heterocycles. The van der Waals surface area contributed by atoms with E-state index in [0.29, 0.717) is 16.1 Å². The van der Waals surface area contributed by atoms with Crippen LogP contribution in [-0.4, -0.2) is 15.8 Å². The van der Waals surface area contributed by atoms with E-state index in [-0.39, 0.29) is 5.78 Å². The van der Waals surface area contributed by atoms with Gasteiger partial charge in [0.1, 0.15) is 0 Å². The zero-order valence-corrected chi connectivity index (χ0v) is 11.0. The third kappa shape index (κ3) is 1.92. The van der Waals surface area contributed by atoms with E-state index in [9.17, 15) is 4.79 Å². The van der Waals surface area contributed by atoms with Gasteiger partial charge in [-0.2, -0.15) is 0 Å². The van der Waals surface area contributed by atoms with Crippen LogP contribution in [0.4, 0.5) is 0 Å². The summed E-state index contributed by atoms with van der Waals surface area (Å²) >= 11 is 6.21. The van der Waals surface area contributed by atoms with E-state index in [1.54, 1.807) is 24.7 Å². The number of carbonyl (C=O) groups excluding carboxylic acids is 1. The largest absolute Gasteiger partial charge is 0.360 e. The van der Waals surface area contributed by atoms with E-state index in [2.05, 4.69) is 9.97 Å². The second-order valence-electron chi connectivity index (χ2n) is 4.39. The van der Waals surface area contributed by atoms with Crippen LogP contribution in [0.3, 0.4) is 0 Å². The van der Waals surface area contributed by atoms with Crippen LogP contribution < -0.4 is 0 Å². The van der Waals surface area contributed by atoms with E-state index >= 15 is 0 Å². The summed E-state index contributed by atoms with van der Waals surface area (Å²) in [7, 11) is 0. The lowest BCUT2D eigenvalue weighted by molar-refractivity contribution is 0.104. The molecule has 0 saturated heterocycles. The van der Waals surface area contributed by atoms with Gasteiger partial charge < -0.3 is 4.98 Å². The van der Waals surface area contributed by atoms with Crippen LogP contribution in [-0.2, 0) is 0 Å². The molecule has 0 aliphatic heterocycles. The Morgan fingerprint density at radius 2 is 2.11 bits per heavy atom. The summed E-state index contributed by atoms with van der Waals surface area (Å²) in [5.74, 6) is -0.0899. The number of pyridine rings is 1. The molecule has 0 unspecified atom stereocenters. The summed E-state index contributed by atoms with van der Waals surface area (Å²) in [6, 6.07) is 7.30. The van der Waals surface area contributed by atoms with Crippen molar-refractivity contribution in [2.24, 2.45) is 0 Å². The van der Waals surface area contributed by atoms with Gasteiger partial charge in [-0.25, -0.2) is 0 Å². The number of halogens is 1. The Hall–Kier alpha value is -2.13. The van der Waals surface area contributed by atoms with E-state index in [0.717, 1.165) is 16.5 Å². The van der Waals surface area contributed by atoms with Crippen molar-refractivity contribution >= 4 is 28.3 Å². The number of carbonyl (C=O) groups is 1. The maximum absolute atomic E-state index is 12.6. The number of rotatable bonds is 2. The lowest BCUT2D eigenvalue weighted by Crippen LogP contribution is -2.02. The molecule has 94 valence electrons. The first-order valence-corrected chi connectivity index (χ1v) is 6.27. The highest BCUT2D eigenvalue weighted by Crippen LogP contribution is 2.26. The van der Waals surface area contributed by atoms with Crippen LogP contribution in [0.2, 0.25) is 5.02 Å². The first-order valence-electron chi connectivity index (χ1n) is 5.89. The molecule has 0 atom stereocenters. The van der Waals surface area contributed by atoms with Crippen LogP contribution in [0.1, 0.15) is 21.5 Å². The molecule has 0 amide bonds. The molecule has 3 rings (SSSR count). The molecule has 1 aromatic carbocycles. The lowest BCUT2D eigenvalue weighted by Gasteiger charge is -2.05. The summed E-state index contributed by atoms with van der Waals surface area (Å²) in [5, 5.41) is 1.32. The molecule has 3 nitrogen and oxygen atoms in total. The number of nitrogens with one attached hydrogen (secondary N) is 1. The fourth-order valence-corrected chi connectivity index (χ4v) is 2.33. The number of aromatic nitrogens is 2. The Bertz CT molecular complexity index is 777. The van der Waals surface area contributed by atoms with Crippen molar-refractivity contribution in [2.75, 3.05) is 0 Å². The van der Waals surface area contributed by atoms with Gasteiger partial charge in [-0.05, 0) is 24.6 Å². The van der Waals surface area contributed by atoms with E-state index < -0.39 is 0 Å². The molecular weight excluding hydrogens is 260 g/mol. The van der Waals surface area contributed by atoms with Gasteiger partial charge in [-0.1, -0.05) is 23.7 Å². The van der Waals surface area contributed by atoms with Gasteiger partial charge in [-0.15, -0.1) is 0 Å². The Morgan fingerprint density at radius 1 is 1.26 bits per heavy atom. The predicted molar refractivity (Wildman–Crippen MR) is 75.7 cm³/mol. The van der Waals surface area contributed by atoms with Crippen molar-refractivity contribution in [3.05, 3.63) is 64.6 Å². The molecule has 0 radical (unpaired) electrons. The third-order valence-corrected chi connectivity index (χ3v) is 3.67. The third-order valence-electron chi connectivity index (χ3n) is 3.16. The molecule has 0 aliphatic rings. The highest BCUT2D eigenvalue weighted by Gasteiger charge is 2.17. The number of aryl methyl sites for hydroxylation is 1. The number of nitrogens with zero attached hydrogens (tertiary/aromatic N) is 1. The Balaban J connectivity index is 2.17. The lowest BCUT2D eigenvalue weighted by atomic mass is 10.0. The minimum Gasteiger partial charge on any atom is -0.360 e. The summed E-state index contributed by atoms with van der Waals surface area (Å²) in [6.07, 6.45) is 5.07. The monoisotopic (exact) mass is 270 g/mol. The highest BCUT2D eigenvalue weighted by molar-refractivity contribution is 6.36. The minimum absolute atomic E-state index is 0.0899. The maximum Gasteiger partial charge on any atom is 0.196 e. The zero-order chi connectivity index (χ0) is 13.4. The average molecular weight is 271 g/mol. The molecule has 4 heteroatoms. The quantitative estimate of drug-likeness (QED) is 0.721. The van der Waals surface area contributed by atoms with Crippen molar-refractivity contribution in [2.45, 2.75) is 6.92 Å². The van der Waals surface area contributed by atoms with Gasteiger partial charge >= 0.3 is 0 Å². The van der Waals surface area contributed by atoms with Gasteiger partial charge in [0, 0.05) is 40.6 Å². The fourth-order valence-electron chi connectivity index (χ4n) is 2.12. The molecular formula is C15H11ClN2O. The molecule has 0 bridgehead atoms. The molecule has 19 heavy (non-hydrogen) atoms. The SMILES string of the molecule is Cc1cccc(C(=O)c2c[nH]c3ccncc23)c1Cl. The zero-order valence-electron chi connectivity index (χ0n) is 10.3. The predicted octanol–water partition coefficient (Wildman–Crippen LogP) is 3.76. The second kappa shape index (κ2) is 4.52. The Labute approximate surface area is 115 Å². The number of hydrogen-bond donors (Lipinski definition) is 1. The molecule has 3 aromatic rings. The number of ketones is 1. The summed E-state index contributed by atoms with van der Waals surface area (Å²) in [4.78, 5) is 19.7. The van der Waals surface area contributed by atoms with Crippen LogP contribution >= 0.6 is 11.6 Å². The summed E-state index contributed by atoms with van der Waals surface area (Å²) in [6.45, 7) is 1.88. The minimum atomic E-state index is -0.0899. The van der Waals surface area contributed by atoms with Gasteiger partial charge in [0.2, 0.25) is 0 Å². The Kier molecular flexibility index (Phi) is 2.84. The van der Waals surface area contributed by atoms with Crippen LogP contribution in [0.25, 0.3) is 10.9 Å². The second-order valence-corrected chi connectivity index (χ2v) is 4.77. The van der Waals surface area contributed by atoms with Crippen molar-refractivity contribution in [3.8, 4) is 0 Å². The van der Waals surface area contributed by atoms with Gasteiger partial charge in [0.15, 0.2) is 5.78 Å². The van der Waals surface area contributed by atoms with Crippen LogP contribution in [0.15, 0.2) is 42.9 Å². The fraction of sp³-hybridized carbons (Fsp3) is 0.0667. The first-order chi connectivity index (χ1) is 9.18. The number of fused-ring (bicyclic) bond motifs is 1. The van der Waals surface area contributed by atoms with Gasteiger partial charge in [0.05, 0.1) is 5.02 Å². The van der Waals surface area contributed by atoms with E-state index in [1.807, 2.05) is 25.1 Å². The molecule has 0 spiro atoms. The average Bonchev–Trinajstić information content (AvgIpc) is 2.85. The van der Waals surface area contributed by atoms with Crippen molar-refractivity contribution in [3.63, 3.8) is 0 Å². The number of benzene rings is 1. The van der Waals surface area contributed by atoms with Crippen molar-refractivity contribution < 1.29 is 4.79 Å². The number of hydrogen-bond acceptors (Lipinski definition) is 2. The Morgan fingerprint density at radius 3 is 2.95 bits per heavy atom. The number of aromatic amines is 1. The van der Waals surface area contributed by atoms with Crippen LogP contribution in [0, 0.1) is 6.92 Å². The van der Waals surface area contributed by atoms with Gasteiger partial charge in [-0.3, -0.25) is 9.78 Å². The standard InChI is InChI=1S/C15H11ClN2O/c1-9-3-2-4-10(14(9)16)15(19)12-8-18-13-5-6-17-7-11(12)13/h2-8,18H,1H3. The van der Waals surface area contributed by atoms with Gasteiger partial charge in [0.25, 0.3) is 0 Å². The van der Waals surface area contributed by atoms with E-state index in [4.69, 9.17) is 11.6 Å². The van der Waals surface area contributed by atoms with Crippen molar-refractivity contribution in [1.29, 1.82) is 0 Å². The highest BCUT2D eigenvalue weighted by atomic mass is 35.5. The maximum atomic E-state index is 12.6. The molecule has 2 aromatic heterocycles. The van der Waals surface area contributed by atoms with Crippen LogP contribution in [0.5, 0.6) is 0 Å². The summed E-state index contributed by atoms with van der Waals surface area (Å²) < 4.78 is 0. The van der Waals surface area contributed by atoms with Crippen molar-refractivity contribution in [1.82, 2.24) is 9.97 Å². The number of H-pyrrole nitrogens is 1. The molecule has 1 N–H and O–H groups in total. The molecule has 0 fully saturated rings. The normalized spacial score (nSPS) is 10.8. The first kappa shape index (κ1) is 11.9. The molecule has 0 aliphatic carbocycles. The topological polar surface area (TPSA) is 45.8 Å².